The highest BCUT2D eigenvalue weighted by Gasteiger charge is 2.31. The molecule has 0 aromatic heterocycles. The Morgan fingerprint density at radius 2 is 1.96 bits per heavy atom. The van der Waals surface area contributed by atoms with Crippen LogP contribution in [-0.2, 0) is 4.79 Å². The van der Waals surface area contributed by atoms with Crippen molar-refractivity contribution in [2.75, 3.05) is 24.5 Å². The van der Waals surface area contributed by atoms with Crippen molar-refractivity contribution in [3.63, 3.8) is 0 Å². The summed E-state index contributed by atoms with van der Waals surface area (Å²) >= 11 is 0. The van der Waals surface area contributed by atoms with Crippen molar-refractivity contribution in [3.8, 4) is 0 Å². The van der Waals surface area contributed by atoms with E-state index in [1.54, 1.807) is 4.90 Å². The number of nitrogens with zero attached hydrogens (tertiary/aromatic N) is 2. The van der Waals surface area contributed by atoms with Gasteiger partial charge in [0.25, 0.3) is 0 Å². The molecule has 6 nitrogen and oxygen atoms in total. The number of aliphatic imine (C=N–C) groups is 1. The fourth-order valence-corrected chi connectivity index (χ4v) is 2.87. The molecule has 0 bridgehead atoms. The molecular formula is C19H30N4O2. The van der Waals surface area contributed by atoms with Gasteiger partial charge in [0, 0.05) is 25.2 Å². The highest BCUT2D eigenvalue weighted by molar-refractivity contribution is 5.97. The van der Waals surface area contributed by atoms with Crippen molar-refractivity contribution in [1.82, 2.24) is 10.6 Å². The summed E-state index contributed by atoms with van der Waals surface area (Å²) in [5, 5.41) is 16.9. The van der Waals surface area contributed by atoms with Crippen LogP contribution in [0.25, 0.3) is 0 Å². The van der Waals surface area contributed by atoms with Crippen LogP contribution < -0.4 is 15.5 Å². The number of carbonyl (C=O) groups is 1. The summed E-state index contributed by atoms with van der Waals surface area (Å²) in [4.78, 5) is 18.6. The van der Waals surface area contributed by atoms with Gasteiger partial charge in [-0.3, -0.25) is 9.79 Å². The van der Waals surface area contributed by atoms with E-state index in [9.17, 15) is 9.90 Å². The van der Waals surface area contributed by atoms with E-state index in [1.165, 1.54) is 0 Å². The topological polar surface area (TPSA) is 77.0 Å². The Balaban J connectivity index is 2.01. The summed E-state index contributed by atoms with van der Waals surface area (Å²) < 4.78 is 0. The first-order valence-electron chi connectivity index (χ1n) is 9.14. The van der Waals surface area contributed by atoms with Crippen LogP contribution in [0.4, 0.5) is 5.69 Å². The Morgan fingerprint density at radius 1 is 1.28 bits per heavy atom. The van der Waals surface area contributed by atoms with E-state index in [4.69, 9.17) is 0 Å². The van der Waals surface area contributed by atoms with Crippen LogP contribution in [0.3, 0.4) is 0 Å². The molecule has 1 unspecified atom stereocenters. The molecule has 0 aliphatic carbocycles. The van der Waals surface area contributed by atoms with Gasteiger partial charge in [0.15, 0.2) is 5.96 Å². The first kappa shape index (κ1) is 19.2. The first-order chi connectivity index (χ1) is 12.0. The zero-order valence-electron chi connectivity index (χ0n) is 15.5. The normalized spacial score (nSPS) is 18.6. The smallest absolute Gasteiger partial charge is 0.229 e. The van der Waals surface area contributed by atoms with Crippen molar-refractivity contribution < 1.29 is 9.90 Å². The quantitative estimate of drug-likeness (QED) is 0.521. The Hall–Kier alpha value is -2.08. The molecule has 1 heterocycles. The fourth-order valence-electron chi connectivity index (χ4n) is 2.87. The highest BCUT2D eigenvalue weighted by atomic mass is 16.3. The molecule has 138 valence electrons. The zero-order chi connectivity index (χ0) is 18.3. The second-order valence-corrected chi connectivity index (χ2v) is 6.51. The lowest BCUT2D eigenvalue weighted by molar-refractivity contribution is -0.117. The molecule has 6 heteroatoms. The van der Waals surface area contributed by atoms with Gasteiger partial charge < -0.3 is 20.6 Å². The SMILES string of the molecule is CCNC(=NCC(O)(CC)CC)NC1CC(=O)N(c2ccccc2)C1. The lowest BCUT2D eigenvalue weighted by Gasteiger charge is -2.24. The maximum absolute atomic E-state index is 12.3. The number of guanidine groups is 1. The van der Waals surface area contributed by atoms with Gasteiger partial charge >= 0.3 is 0 Å². The molecule has 0 saturated carbocycles. The number of hydrogen-bond acceptors (Lipinski definition) is 3. The molecule has 1 aliphatic rings. The molecule has 1 aliphatic heterocycles. The predicted molar refractivity (Wildman–Crippen MR) is 102 cm³/mol. The summed E-state index contributed by atoms with van der Waals surface area (Å²) in [6.45, 7) is 7.61. The van der Waals surface area contributed by atoms with Crippen LogP contribution in [-0.4, -0.2) is 48.3 Å². The van der Waals surface area contributed by atoms with Crippen LogP contribution in [0.2, 0.25) is 0 Å². The van der Waals surface area contributed by atoms with E-state index in [2.05, 4.69) is 15.6 Å². The minimum atomic E-state index is -0.774. The standard InChI is InChI=1S/C19H30N4O2/c1-4-19(25,5-2)14-21-18(20-6-3)22-15-12-17(24)23(13-15)16-10-8-7-9-11-16/h7-11,15,25H,4-6,12-14H2,1-3H3,(H2,20,21,22). The molecule has 2 rings (SSSR count). The minimum absolute atomic E-state index is 0.00171. The van der Waals surface area contributed by atoms with E-state index in [-0.39, 0.29) is 11.9 Å². The number of aliphatic hydroxyl groups is 1. The number of nitrogens with one attached hydrogen (secondary N) is 2. The van der Waals surface area contributed by atoms with Crippen molar-refractivity contribution in [1.29, 1.82) is 0 Å². The molecule has 3 N–H and O–H groups in total. The summed E-state index contributed by atoms with van der Waals surface area (Å²) in [5.74, 6) is 0.758. The summed E-state index contributed by atoms with van der Waals surface area (Å²) in [6.07, 6.45) is 1.76. The molecule has 1 saturated heterocycles. The lowest BCUT2D eigenvalue weighted by atomic mass is 9.98. The summed E-state index contributed by atoms with van der Waals surface area (Å²) in [6, 6.07) is 9.71. The lowest BCUT2D eigenvalue weighted by Crippen LogP contribution is -2.45. The van der Waals surface area contributed by atoms with Crippen LogP contribution in [0.1, 0.15) is 40.0 Å². The Labute approximate surface area is 150 Å². The molecule has 1 aromatic rings. The predicted octanol–water partition coefficient (Wildman–Crippen LogP) is 1.90. The van der Waals surface area contributed by atoms with E-state index in [0.717, 1.165) is 12.2 Å². The molecule has 0 spiro atoms. The number of rotatable bonds is 7. The number of anilines is 1. The van der Waals surface area contributed by atoms with Gasteiger partial charge in [-0.1, -0.05) is 32.0 Å². The van der Waals surface area contributed by atoms with Crippen LogP contribution in [0.15, 0.2) is 35.3 Å². The third kappa shape index (κ3) is 5.19. The van der Waals surface area contributed by atoms with Crippen molar-refractivity contribution in [3.05, 3.63) is 30.3 Å². The third-order valence-electron chi connectivity index (χ3n) is 4.73. The van der Waals surface area contributed by atoms with Gasteiger partial charge in [-0.25, -0.2) is 0 Å². The van der Waals surface area contributed by atoms with E-state index < -0.39 is 5.60 Å². The maximum atomic E-state index is 12.3. The summed E-state index contributed by atoms with van der Waals surface area (Å²) in [5.41, 5.74) is 0.147. The Bertz CT molecular complexity index is 584. The molecular weight excluding hydrogens is 316 g/mol. The molecule has 1 amide bonds. The van der Waals surface area contributed by atoms with Gasteiger partial charge in [0.2, 0.25) is 5.91 Å². The monoisotopic (exact) mass is 346 g/mol. The molecule has 0 radical (unpaired) electrons. The van der Waals surface area contributed by atoms with Gasteiger partial charge in [-0.2, -0.15) is 0 Å². The molecule has 1 atom stereocenters. The Kier molecular flexibility index (Phi) is 6.82. The fraction of sp³-hybridized carbons (Fsp3) is 0.579. The van der Waals surface area contributed by atoms with E-state index >= 15 is 0 Å². The number of para-hydroxylation sites is 1. The van der Waals surface area contributed by atoms with Gasteiger partial charge in [0.05, 0.1) is 18.2 Å². The largest absolute Gasteiger partial charge is 0.388 e. The average Bonchev–Trinajstić information content (AvgIpc) is 3.00. The van der Waals surface area contributed by atoms with Crippen LogP contribution in [0.5, 0.6) is 0 Å². The second-order valence-electron chi connectivity index (χ2n) is 6.51. The third-order valence-corrected chi connectivity index (χ3v) is 4.73. The van der Waals surface area contributed by atoms with Gasteiger partial charge in [-0.15, -0.1) is 0 Å². The highest BCUT2D eigenvalue weighted by Crippen LogP contribution is 2.21. The van der Waals surface area contributed by atoms with Crippen molar-refractivity contribution in [2.45, 2.75) is 51.7 Å². The van der Waals surface area contributed by atoms with Crippen molar-refractivity contribution in [2.24, 2.45) is 4.99 Å². The van der Waals surface area contributed by atoms with Crippen LogP contribution >= 0.6 is 0 Å². The first-order valence-corrected chi connectivity index (χ1v) is 9.14. The average molecular weight is 346 g/mol. The summed E-state index contributed by atoms with van der Waals surface area (Å²) in [7, 11) is 0. The van der Waals surface area contributed by atoms with Gasteiger partial charge in [0.1, 0.15) is 0 Å². The van der Waals surface area contributed by atoms with E-state index in [1.807, 2.05) is 51.1 Å². The van der Waals surface area contributed by atoms with Gasteiger partial charge in [-0.05, 0) is 31.9 Å². The maximum Gasteiger partial charge on any atom is 0.229 e. The van der Waals surface area contributed by atoms with E-state index in [0.29, 0.717) is 38.3 Å². The molecule has 25 heavy (non-hydrogen) atoms. The number of benzene rings is 1. The minimum Gasteiger partial charge on any atom is -0.388 e. The zero-order valence-corrected chi connectivity index (χ0v) is 15.5. The second kappa shape index (κ2) is 8.85. The van der Waals surface area contributed by atoms with Crippen molar-refractivity contribution >= 4 is 17.6 Å². The number of carbonyl (C=O) groups excluding carboxylic acids is 1. The van der Waals surface area contributed by atoms with Crippen LogP contribution in [0, 0.1) is 0 Å². The Morgan fingerprint density at radius 3 is 2.56 bits per heavy atom. The molecule has 1 aromatic carbocycles. The number of amides is 1. The number of hydrogen-bond donors (Lipinski definition) is 3. The molecule has 1 fully saturated rings.